The maximum atomic E-state index is 13.6. The van der Waals surface area contributed by atoms with Crippen molar-refractivity contribution in [2.75, 3.05) is 37.2 Å². The molecule has 9 heteroatoms. The van der Waals surface area contributed by atoms with Gasteiger partial charge in [-0.2, -0.15) is 0 Å². The maximum absolute atomic E-state index is 13.6. The van der Waals surface area contributed by atoms with E-state index in [0.717, 1.165) is 29.5 Å². The number of benzene rings is 3. The van der Waals surface area contributed by atoms with E-state index in [1.165, 1.54) is 37.0 Å². The molecule has 0 radical (unpaired) electrons. The first-order chi connectivity index (χ1) is 18.5. The van der Waals surface area contributed by atoms with Crippen LogP contribution in [0.4, 0.5) is 5.69 Å². The van der Waals surface area contributed by atoms with Crippen molar-refractivity contribution >= 4 is 21.6 Å². The minimum Gasteiger partial charge on any atom is -0.486 e. The van der Waals surface area contributed by atoms with Gasteiger partial charge in [0, 0.05) is 19.2 Å². The Labute approximate surface area is 224 Å². The number of sulfonamides is 1. The third-order valence-corrected chi connectivity index (χ3v) is 8.59. The second-order valence-electron chi connectivity index (χ2n) is 9.58. The number of rotatable bonds is 9. The van der Waals surface area contributed by atoms with E-state index >= 15 is 0 Å². The average molecular weight is 536 g/mol. The number of nitrogens with zero attached hydrogens (tertiary/aromatic N) is 2. The Bertz CT molecular complexity index is 1340. The molecule has 2 aliphatic heterocycles. The highest BCUT2D eigenvalue weighted by atomic mass is 32.2. The Balaban J connectivity index is 1.28. The van der Waals surface area contributed by atoms with Gasteiger partial charge in [-0.1, -0.05) is 48.9 Å². The number of ether oxygens (including phenoxy) is 2. The van der Waals surface area contributed by atoms with Crippen molar-refractivity contribution in [3.05, 3.63) is 83.9 Å². The lowest BCUT2D eigenvalue weighted by Gasteiger charge is -2.26. The fourth-order valence-corrected chi connectivity index (χ4v) is 6.18. The number of amides is 1. The van der Waals surface area contributed by atoms with E-state index in [0.29, 0.717) is 36.9 Å². The van der Waals surface area contributed by atoms with Crippen LogP contribution in [-0.2, 0) is 27.9 Å². The molecular weight excluding hydrogens is 502 g/mol. The fourth-order valence-electron chi connectivity index (χ4n) is 4.75. The van der Waals surface area contributed by atoms with Gasteiger partial charge in [0.25, 0.3) is 10.0 Å². The first-order valence-corrected chi connectivity index (χ1v) is 14.5. The monoisotopic (exact) mass is 535 g/mol. The normalized spacial score (nSPS) is 15.6. The molecule has 0 atom stereocenters. The van der Waals surface area contributed by atoms with E-state index in [-0.39, 0.29) is 11.4 Å². The molecule has 0 bridgehead atoms. The Morgan fingerprint density at radius 3 is 2.26 bits per heavy atom. The van der Waals surface area contributed by atoms with Crippen LogP contribution in [0.15, 0.2) is 77.7 Å². The molecule has 200 valence electrons. The number of hydrogen-bond acceptors (Lipinski definition) is 6. The van der Waals surface area contributed by atoms with Crippen LogP contribution < -0.4 is 19.1 Å². The van der Waals surface area contributed by atoms with E-state index in [4.69, 9.17) is 9.47 Å². The van der Waals surface area contributed by atoms with Crippen molar-refractivity contribution in [2.24, 2.45) is 0 Å². The van der Waals surface area contributed by atoms with Crippen LogP contribution in [0.2, 0.25) is 0 Å². The average Bonchev–Trinajstić information content (AvgIpc) is 2.96. The molecule has 0 aromatic heterocycles. The summed E-state index contributed by atoms with van der Waals surface area (Å²) in [5.41, 5.74) is 2.54. The van der Waals surface area contributed by atoms with Gasteiger partial charge in [0.1, 0.15) is 19.8 Å². The van der Waals surface area contributed by atoms with Crippen LogP contribution in [0, 0.1) is 0 Å². The van der Waals surface area contributed by atoms with Gasteiger partial charge in [0.15, 0.2) is 11.5 Å². The van der Waals surface area contributed by atoms with E-state index < -0.39 is 15.9 Å². The van der Waals surface area contributed by atoms with Crippen molar-refractivity contribution in [1.82, 2.24) is 10.2 Å². The lowest BCUT2D eigenvalue weighted by molar-refractivity contribution is -0.119. The Morgan fingerprint density at radius 1 is 0.842 bits per heavy atom. The zero-order chi connectivity index (χ0) is 26.4. The highest BCUT2D eigenvalue weighted by molar-refractivity contribution is 7.92. The lowest BCUT2D eigenvalue weighted by atomic mass is 10.1. The minimum absolute atomic E-state index is 0.104. The van der Waals surface area contributed by atoms with Gasteiger partial charge in [-0.15, -0.1) is 0 Å². The van der Waals surface area contributed by atoms with Gasteiger partial charge in [-0.25, -0.2) is 8.42 Å². The Morgan fingerprint density at radius 2 is 1.53 bits per heavy atom. The summed E-state index contributed by atoms with van der Waals surface area (Å²) < 4.78 is 39.5. The standard InChI is InChI=1S/C29H33N3O5S/c33-29(30-20-23-9-11-24(12-10-23)21-31-15-5-2-6-16-31)22-32(38(34,35)26-7-3-1-4-8-26)25-13-14-27-28(19-25)37-18-17-36-27/h1,3-4,7-14,19H,2,5-6,15-18,20-22H2,(H,30,33). The summed E-state index contributed by atoms with van der Waals surface area (Å²) >= 11 is 0. The van der Waals surface area contributed by atoms with E-state index in [1.807, 2.05) is 12.1 Å². The number of anilines is 1. The predicted octanol–water partition coefficient (Wildman–Crippen LogP) is 3.96. The van der Waals surface area contributed by atoms with Crippen LogP contribution in [0.5, 0.6) is 11.5 Å². The summed E-state index contributed by atoms with van der Waals surface area (Å²) in [5, 5.41) is 2.87. The van der Waals surface area contributed by atoms with Crippen molar-refractivity contribution in [3.63, 3.8) is 0 Å². The number of carbonyl (C=O) groups excluding carboxylic acids is 1. The number of likely N-dealkylation sites (tertiary alicyclic amines) is 1. The minimum atomic E-state index is -4.01. The van der Waals surface area contributed by atoms with Gasteiger partial charge in [0.2, 0.25) is 5.91 Å². The molecule has 0 spiro atoms. The number of carbonyl (C=O) groups is 1. The van der Waals surface area contributed by atoms with Crippen molar-refractivity contribution < 1.29 is 22.7 Å². The van der Waals surface area contributed by atoms with Gasteiger partial charge >= 0.3 is 0 Å². The van der Waals surface area contributed by atoms with Crippen LogP contribution in [0.25, 0.3) is 0 Å². The fraction of sp³-hybridized carbons (Fsp3) is 0.345. The second-order valence-corrected chi connectivity index (χ2v) is 11.4. The third kappa shape index (κ3) is 6.28. The molecule has 0 saturated carbocycles. The molecule has 5 rings (SSSR count). The van der Waals surface area contributed by atoms with Crippen molar-refractivity contribution in [1.29, 1.82) is 0 Å². The Hall–Kier alpha value is -3.56. The second kappa shape index (κ2) is 11.9. The van der Waals surface area contributed by atoms with Gasteiger partial charge < -0.3 is 14.8 Å². The van der Waals surface area contributed by atoms with Crippen LogP contribution in [0.1, 0.15) is 30.4 Å². The highest BCUT2D eigenvalue weighted by Crippen LogP contribution is 2.35. The number of fused-ring (bicyclic) bond motifs is 1. The number of piperidine rings is 1. The molecule has 0 aliphatic carbocycles. The molecule has 38 heavy (non-hydrogen) atoms. The number of hydrogen-bond donors (Lipinski definition) is 1. The smallest absolute Gasteiger partial charge is 0.264 e. The zero-order valence-electron chi connectivity index (χ0n) is 21.3. The van der Waals surface area contributed by atoms with Gasteiger partial charge in [-0.05, 0) is 61.3 Å². The summed E-state index contributed by atoms with van der Waals surface area (Å²) in [5.74, 6) is 0.592. The molecule has 8 nitrogen and oxygen atoms in total. The maximum Gasteiger partial charge on any atom is 0.264 e. The lowest BCUT2D eigenvalue weighted by Crippen LogP contribution is -2.40. The summed E-state index contributed by atoms with van der Waals surface area (Å²) in [6, 6.07) is 21.2. The third-order valence-electron chi connectivity index (χ3n) is 6.80. The molecule has 1 amide bonds. The largest absolute Gasteiger partial charge is 0.486 e. The zero-order valence-corrected chi connectivity index (χ0v) is 22.2. The molecule has 2 aliphatic rings. The SMILES string of the molecule is O=C(CN(c1ccc2c(c1)OCCO2)S(=O)(=O)c1ccccc1)NCc1ccc(CN2CCCCC2)cc1. The van der Waals surface area contributed by atoms with Crippen molar-refractivity contribution in [2.45, 2.75) is 37.2 Å². The summed E-state index contributed by atoms with van der Waals surface area (Å²) in [6.45, 7) is 3.97. The van der Waals surface area contributed by atoms with Crippen LogP contribution in [-0.4, -0.2) is 52.1 Å². The van der Waals surface area contributed by atoms with Crippen LogP contribution in [0.3, 0.4) is 0 Å². The van der Waals surface area contributed by atoms with E-state index in [2.05, 4.69) is 22.3 Å². The summed E-state index contributed by atoms with van der Waals surface area (Å²) in [4.78, 5) is 15.6. The van der Waals surface area contributed by atoms with Gasteiger partial charge in [0.05, 0.1) is 10.6 Å². The van der Waals surface area contributed by atoms with E-state index in [1.54, 1.807) is 36.4 Å². The molecule has 1 fully saturated rings. The van der Waals surface area contributed by atoms with Gasteiger partial charge in [-0.3, -0.25) is 14.0 Å². The predicted molar refractivity (Wildman–Crippen MR) is 146 cm³/mol. The summed E-state index contributed by atoms with van der Waals surface area (Å²) in [7, 11) is -4.01. The highest BCUT2D eigenvalue weighted by Gasteiger charge is 2.28. The first kappa shape index (κ1) is 26.1. The van der Waals surface area contributed by atoms with Crippen LogP contribution >= 0.6 is 0 Å². The molecule has 1 N–H and O–H groups in total. The molecule has 0 unspecified atom stereocenters. The Kier molecular flexibility index (Phi) is 8.14. The summed E-state index contributed by atoms with van der Waals surface area (Å²) in [6.07, 6.45) is 3.83. The molecule has 2 heterocycles. The number of nitrogens with one attached hydrogen (secondary N) is 1. The van der Waals surface area contributed by atoms with E-state index in [9.17, 15) is 13.2 Å². The first-order valence-electron chi connectivity index (χ1n) is 13.0. The quantitative estimate of drug-likeness (QED) is 0.446. The molecular formula is C29H33N3O5S. The topological polar surface area (TPSA) is 88.2 Å². The molecule has 1 saturated heterocycles. The molecule has 3 aromatic rings. The molecule has 3 aromatic carbocycles. The van der Waals surface area contributed by atoms with Crippen molar-refractivity contribution in [3.8, 4) is 11.5 Å².